The van der Waals surface area contributed by atoms with Crippen LogP contribution in [-0.4, -0.2) is 28.1 Å². The van der Waals surface area contributed by atoms with Crippen molar-refractivity contribution in [1.82, 2.24) is 0 Å². The molecule has 0 heterocycles. The average molecular weight is 415 g/mol. The Bertz CT molecular complexity index is 615. The van der Waals surface area contributed by atoms with Crippen LogP contribution in [0.25, 0.3) is 0 Å². The zero-order chi connectivity index (χ0) is 20.6. The molecular weight excluding hydrogens is 379 g/mol. The molecule has 0 aliphatic carbocycles. The standard InChI is InChI=1S/C20H35O5PSi/c1-8-22-26(21,23-9-2)24-17-13-16-19(18-14-11-10-12-15-18)25-27(6,7)20(3,4)5/h10-16,19H,8-9,17H2,1-7H3/b16-13+. The van der Waals surface area contributed by atoms with Crippen LogP contribution in [0.15, 0.2) is 42.5 Å². The van der Waals surface area contributed by atoms with Crippen molar-refractivity contribution in [2.45, 2.75) is 58.9 Å². The lowest BCUT2D eigenvalue weighted by Gasteiger charge is -2.38. The maximum absolute atomic E-state index is 12.4. The van der Waals surface area contributed by atoms with Crippen LogP contribution >= 0.6 is 7.82 Å². The van der Waals surface area contributed by atoms with E-state index in [-0.39, 0.29) is 31.0 Å². The molecule has 7 heteroatoms. The highest BCUT2D eigenvalue weighted by Gasteiger charge is 2.39. The Morgan fingerprint density at radius 2 is 1.59 bits per heavy atom. The first-order chi connectivity index (χ1) is 12.5. The summed E-state index contributed by atoms with van der Waals surface area (Å²) in [6.07, 6.45) is 3.59. The van der Waals surface area contributed by atoms with Crippen molar-refractivity contribution in [2.24, 2.45) is 0 Å². The number of rotatable bonds is 11. The van der Waals surface area contributed by atoms with Crippen LogP contribution in [0.1, 0.15) is 46.3 Å². The average Bonchev–Trinajstić information content (AvgIpc) is 2.58. The first kappa shape index (κ1) is 24.3. The molecule has 0 aliphatic heterocycles. The van der Waals surface area contributed by atoms with Gasteiger partial charge >= 0.3 is 7.82 Å². The van der Waals surface area contributed by atoms with Gasteiger partial charge in [0.05, 0.1) is 25.9 Å². The van der Waals surface area contributed by atoms with Gasteiger partial charge in [-0.25, -0.2) is 4.57 Å². The van der Waals surface area contributed by atoms with E-state index in [1.807, 2.05) is 42.5 Å². The summed E-state index contributed by atoms with van der Waals surface area (Å²) in [4.78, 5) is 0. The highest BCUT2D eigenvalue weighted by Crippen LogP contribution is 2.49. The Kier molecular flexibility index (Phi) is 9.62. The van der Waals surface area contributed by atoms with Crippen LogP contribution in [0.4, 0.5) is 0 Å². The SMILES string of the molecule is CCOP(=O)(OCC)OC/C=C/C(O[Si](C)(C)C(C)(C)C)c1ccccc1. The molecule has 27 heavy (non-hydrogen) atoms. The Hall–Kier alpha value is -0.753. The van der Waals surface area contributed by atoms with Crippen LogP contribution in [-0.2, 0) is 22.6 Å². The third-order valence-electron chi connectivity index (χ3n) is 4.57. The molecule has 0 aromatic heterocycles. The van der Waals surface area contributed by atoms with Gasteiger partial charge in [-0.05, 0) is 37.5 Å². The summed E-state index contributed by atoms with van der Waals surface area (Å²) in [5.41, 5.74) is 1.08. The highest BCUT2D eigenvalue weighted by atomic mass is 31.2. The van der Waals surface area contributed by atoms with Crippen LogP contribution < -0.4 is 0 Å². The Morgan fingerprint density at radius 3 is 2.07 bits per heavy atom. The largest absolute Gasteiger partial charge is 0.475 e. The van der Waals surface area contributed by atoms with E-state index in [2.05, 4.69) is 33.9 Å². The summed E-state index contributed by atoms with van der Waals surface area (Å²) in [5, 5.41) is 0.101. The second-order valence-corrected chi connectivity index (χ2v) is 14.1. The van der Waals surface area contributed by atoms with Gasteiger partial charge in [-0.15, -0.1) is 0 Å². The number of benzene rings is 1. The van der Waals surface area contributed by atoms with Crippen molar-refractivity contribution in [3.05, 3.63) is 48.0 Å². The molecular formula is C20H35O5PSi. The summed E-state index contributed by atoms with van der Waals surface area (Å²) < 4.78 is 34.6. The normalized spacial score (nSPS) is 14.6. The van der Waals surface area contributed by atoms with E-state index in [0.29, 0.717) is 0 Å². The molecule has 0 saturated carbocycles. The number of hydrogen-bond donors (Lipinski definition) is 0. The molecule has 0 spiro atoms. The first-order valence-corrected chi connectivity index (χ1v) is 13.8. The molecule has 0 saturated heterocycles. The molecule has 5 nitrogen and oxygen atoms in total. The molecule has 0 fully saturated rings. The van der Waals surface area contributed by atoms with E-state index in [1.54, 1.807) is 13.8 Å². The summed E-state index contributed by atoms with van der Waals surface area (Å²) in [7, 11) is -5.47. The Balaban J connectivity index is 2.89. The topological polar surface area (TPSA) is 54.0 Å². The van der Waals surface area contributed by atoms with Crippen molar-refractivity contribution in [3.63, 3.8) is 0 Å². The van der Waals surface area contributed by atoms with Crippen molar-refractivity contribution < 1.29 is 22.6 Å². The molecule has 1 atom stereocenters. The molecule has 154 valence electrons. The van der Waals surface area contributed by atoms with Crippen LogP contribution in [0.3, 0.4) is 0 Å². The second-order valence-electron chi connectivity index (χ2n) is 7.72. The fourth-order valence-electron chi connectivity index (χ4n) is 2.10. The zero-order valence-corrected chi connectivity index (χ0v) is 19.6. The van der Waals surface area contributed by atoms with Gasteiger partial charge in [-0.1, -0.05) is 63.3 Å². The molecule has 0 N–H and O–H groups in total. The maximum atomic E-state index is 12.4. The van der Waals surface area contributed by atoms with Crippen LogP contribution in [0.2, 0.25) is 18.1 Å². The second kappa shape index (κ2) is 10.7. The van der Waals surface area contributed by atoms with Gasteiger partial charge in [0.25, 0.3) is 0 Å². The molecule has 0 aliphatic rings. The van der Waals surface area contributed by atoms with Gasteiger partial charge in [0.2, 0.25) is 0 Å². The van der Waals surface area contributed by atoms with E-state index >= 15 is 0 Å². The quantitative estimate of drug-likeness (QED) is 0.235. The number of hydrogen-bond acceptors (Lipinski definition) is 5. The van der Waals surface area contributed by atoms with Crippen molar-refractivity contribution in [2.75, 3.05) is 19.8 Å². The molecule has 0 amide bonds. The minimum Gasteiger partial charge on any atom is -0.407 e. The van der Waals surface area contributed by atoms with Gasteiger partial charge in [0.15, 0.2) is 8.32 Å². The number of phosphoric acid groups is 1. The van der Waals surface area contributed by atoms with Gasteiger partial charge in [0, 0.05) is 0 Å². The third-order valence-corrected chi connectivity index (χ3v) is 10.6. The summed E-state index contributed by atoms with van der Waals surface area (Å²) in [6.45, 7) is 15.3. The number of phosphoric ester groups is 1. The van der Waals surface area contributed by atoms with Crippen molar-refractivity contribution in [1.29, 1.82) is 0 Å². The maximum Gasteiger partial charge on any atom is 0.475 e. The monoisotopic (exact) mass is 414 g/mol. The van der Waals surface area contributed by atoms with Gasteiger partial charge in [-0.2, -0.15) is 0 Å². The van der Waals surface area contributed by atoms with Crippen LogP contribution in [0, 0.1) is 0 Å². The zero-order valence-electron chi connectivity index (χ0n) is 17.7. The smallest absolute Gasteiger partial charge is 0.407 e. The fraction of sp³-hybridized carbons (Fsp3) is 0.600. The lowest BCUT2D eigenvalue weighted by molar-refractivity contribution is 0.130. The van der Waals surface area contributed by atoms with E-state index in [9.17, 15) is 4.57 Å². The van der Waals surface area contributed by atoms with Gasteiger partial charge in [-0.3, -0.25) is 13.6 Å². The third kappa shape index (κ3) is 8.02. The predicted molar refractivity (Wildman–Crippen MR) is 113 cm³/mol. The Labute approximate surface area is 165 Å². The summed E-state index contributed by atoms with van der Waals surface area (Å²) in [5.74, 6) is 0. The Morgan fingerprint density at radius 1 is 1.04 bits per heavy atom. The van der Waals surface area contributed by atoms with Gasteiger partial charge < -0.3 is 4.43 Å². The lowest BCUT2D eigenvalue weighted by atomic mass is 10.1. The molecule has 1 unspecified atom stereocenters. The van der Waals surface area contributed by atoms with E-state index < -0.39 is 16.1 Å². The van der Waals surface area contributed by atoms with Gasteiger partial charge in [0.1, 0.15) is 0 Å². The van der Waals surface area contributed by atoms with E-state index in [4.69, 9.17) is 18.0 Å². The van der Waals surface area contributed by atoms with Crippen LogP contribution in [0.5, 0.6) is 0 Å². The molecule has 1 aromatic carbocycles. The lowest BCUT2D eigenvalue weighted by Crippen LogP contribution is -2.41. The van der Waals surface area contributed by atoms with E-state index in [1.165, 1.54) is 0 Å². The predicted octanol–water partition coefficient (Wildman–Crippen LogP) is 6.50. The molecule has 0 bridgehead atoms. The minimum atomic E-state index is -3.50. The van der Waals surface area contributed by atoms with Crippen molar-refractivity contribution in [3.8, 4) is 0 Å². The summed E-state index contributed by atoms with van der Waals surface area (Å²) in [6, 6.07) is 10.1. The fourth-order valence-corrected chi connectivity index (χ4v) is 4.42. The summed E-state index contributed by atoms with van der Waals surface area (Å²) >= 11 is 0. The first-order valence-electron chi connectivity index (χ1n) is 9.47. The van der Waals surface area contributed by atoms with Crippen molar-refractivity contribution >= 4 is 16.1 Å². The minimum absolute atomic E-state index is 0.101. The molecule has 1 aromatic rings. The van der Waals surface area contributed by atoms with E-state index in [0.717, 1.165) is 5.56 Å². The molecule has 1 rings (SSSR count). The highest BCUT2D eigenvalue weighted by molar-refractivity contribution is 7.48. The molecule has 0 radical (unpaired) electrons.